The van der Waals surface area contributed by atoms with E-state index in [1.807, 2.05) is 20.1 Å². The van der Waals surface area contributed by atoms with Crippen LogP contribution in [-0.4, -0.2) is 43.3 Å². The van der Waals surface area contributed by atoms with E-state index in [-0.39, 0.29) is 11.9 Å². The lowest BCUT2D eigenvalue weighted by Crippen LogP contribution is -2.43. The highest BCUT2D eigenvalue weighted by Gasteiger charge is 2.22. The molecule has 1 atom stereocenters. The van der Waals surface area contributed by atoms with E-state index < -0.39 is 12.1 Å². The number of nitrogens with one attached hydrogen (secondary N) is 1. The van der Waals surface area contributed by atoms with Crippen molar-refractivity contribution in [1.82, 2.24) is 5.32 Å². The van der Waals surface area contributed by atoms with Crippen molar-refractivity contribution in [2.75, 3.05) is 25.2 Å². The van der Waals surface area contributed by atoms with Crippen LogP contribution in [-0.2, 0) is 14.3 Å². The third kappa shape index (κ3) is 11.7. The first-order valence-electron chi connectivity index (χ1n) is 7.95. The molecule has 1 N–H and O–H groups in total. The fourth-order valence-electron chi connectivity index (χ4n) is 1.68. The molecule has 22 heavy (non-hydrogen) atoms. The zero-order chi connectivity index (χ0) is 17.0. The van der Waals surface area contributed by atoms with E-state index >= 15 is 0 Å². The Labute approximate surface area is 138 Å². The summed E-state index contributed by atoms with van der Waals surface area (Å²) >= 11 is 1.63. The SMILES string of the molecule is CSCCC(NC(=O)OCC(C)C)C(=O)OCCCC(C)C. The Bertz CT molecular complexity index is 321. The molecule has 0 fully saturated rings. The highest BCUT2D eigenvalue weighted by molar-refractivity contribution is 7.98. The number of rotatable bonds is 11. The summed E-state index contributed by atoms with van der Waals surface area (Å²) in [7, 11) is 0. The first kappa shape index (κ1) is 21.1. The maximum atomic E-state index is 12.1. The van der Waals surface area contributed by atoms with Gasteiger partial charge in [0.25, 0.3) is 0 Å². The number of carbonyl (C=O) groups is 2. The summed E-state index contributed by atoms with van der Waals surface area (Å²) in [6, 6.07) is -0.633. The standard InChI is InChI=1S/C16H31NO4S/c1-12(2)7-6-9-20-15(18)14(8-10-22-5)17-16(19)21-11-13(3)4/h12-14H,6-11H2,1-5H3,(H,17,19). The molecule has 0 radical (unpaired) electrons. The molecule has 1 unspecified atom stereocenters. The molecule has 0 heterocycles. The van der Waals surface area contributed by atoms with Crippen LogP contribution in [0.15, 0.2) is 0 Å². The van der Waals surface area contributed by atoms with Crippen LogP contribution >= 0.6 is 11.8 Å². The third-order valence-corrected chi connectivity index (χ3v) is 3.55. The summed E-state index contributed by atoms with van der Waals surface area (Å²) in [5, 5.41) is 2.61. The second kappa shape index (κ2) is 12.6. The molecule has 0 saturated carbocycles. The smallest absolute Gasteiger partial charge is 0.407 e. The van der Waals surface area contributed by atoms with Gasteiger partial charge in [-0.1, -0.05) is 27.7 Å². The van der Waals surface area contributed by atoms with E-state index in [1.54, 1.807) is 11.8 Å². The van der Waals surface area contributed by atoms with Gasteiger partial charge in [-0.25, -0.2) is 9.59 Å². The van der Waals surface area contributed by atoms with Crippen LogP contribution in [0.5, 0.6) is 0 Å². The lowest BCUT2D eigenvalue weighted by Gasteiger charge is -2.18. The summed E-state index contributed by atoms with van der Waals surface area (Å²) in [4.78, 5) is 23.8. The Morgan fingerprint density at radius 2 is 1.73 bits per heavy atom. The molecule has 0 aromatic rings. The maximum absolute atomic E-state index is 12.1. The number of hydrogen-bond acceptors (Lipinski definition) is 5. The predicted molar refractivity (Wildman–Crippen MR) is 91.1 cm³/mol. The number of hydrogen-bond donors (Lipinski definition) is 1. The number of ether oxygens (including phenoxy) is 2. The topological polar surface area (TPSA) is 64.6 Å². The molecular formula is C16H31NO4S. The van der Waals surface area contributed by atoms with Crippen LogP contribution in [0.1, 0.15) is 47.0 Å². The highest BCUT2D eigenvalue weighted by Crippen LogP contribution is 2.07. The van der Waals surface area contributed by atoms with Gasteiger partial charge < -0.3 is 14.8 Å². The van der Waals surface area contributed by atoms with Crippen LogP contribution < -0.4 is 5.32 Å². The first-order valence-corrected chi connectivity index (χ1v) is 9.35. The lowest BCUT2D eigenvalue weighted by atomic mass is 10.1. The number of carbonyl (C=O) groups excluding carboxylic acids is 2. The molecule has 0 rings (SSSR count). The van der Waals surface area contributed by atoms with E-state index in [4.69, 9.17) is 9.47 Å². The summed E-state index contributed by atoms with van der Waals surface area (Å²) in [5.41, 5.74) is 0. The Kier molecular flexibility index (Phi) is 12.1. The van der Waals surface area contributed by atoms with Crippen molar-refractivity contribution < 1.29 is 19.1 Å². The molecule has 0 aliphatic heterocycles. The van der Waals surface area contributed by atoms with Gasteiger partial charge in [0.2, 0.25) is 0 Å². The normalized spacial score (nSPS) is 12.3. The Morgan fingerprint density at radius 3 is 2.27 bits per heavy atom. The van der Waals surface area contributed by atoms with E-state index in [9.17, 15) is 9.59 Å². The molecule has 0 spiro atoms. The van der Waals surface area contributed by atoms with Crippen molar-refractivity contribution in [3.8, 4) is 0 Å². The average molecular weight is 333 g/mol. The van der Waals surface area contributed by atoms with Gasteiger partial charge in [-0.05, 0) is 43.1 Å². The van der Waals surface area contributed by atoms with Crippen LogP contribution in [0.2, 0.25) is 0 Å². The highest BCUT2D eigenvalue weighted by atomic mass is 32.2. The third-order valence-electron chi connectivity index (χ3n) is 2.91. The summed E-state index contributed by atoms with van der Waals surface area (Å²) in [6.07, 6.45) is 3.81. The molecule has 130 valence electrons. The second-order valence-electron chi connectivity index (χ2n) is 6.17. The molecule has 0 aliphatic rings. The largest absolute Gasteiger partial charge is 0.464 e. The quantitative estimate of drug-likeness (QED) is 0.463. The van der Waals surface area contributed by atoms with Crippen molar-refractivity contribution >= 4 is 23.8 Å². The Balaban J connectivity index is 4.23. The fourth-order valence-corrected chi connectivity index (χ4v) is 2.15. The van der Waals surface area contributed by atoms with Gasteiger partial charge >= 0.3 is 12.1 Å². The van der Waals surface area contributed by atoms with Crippen molar-refractivity contribution in [3.05, 3.63) is 0 Å². The van der Waals surface area contributed by atoms with E-state index in [2.05, 4.69) is 19.2 Å². The van der Waals surface area contributed by atoms with Gasteiger partial charge in [-0.3, -0.25) is 0 Å². The Morgan fingerprint density at radius 1 is 1.05 bits per heavy atom. The summed E-state index contributed by atoms with van der Waals surface area (Å²) < 4.78 is 10.3. The molecule has 0 bridgehead atoms. The van der Waals surface area contributed by atoms with Crippen LogP contribution in [0.25, 0.3) is 0 Å². The average Bonchev–Trinajstić information content (AvgIpc) is 2.45. The van der Waals surface area contributed by atoms with Crippen LogP contribution in [0, 0.1) is 11.8 Å². The van der Waals surface area contributed by atoms with Gasteiger partial charge in [0, 0.05) is 0 Å². The minimum absolute atomic E-state index is 0.262. The van der Waals surface area contributed by atoms with Gasteiger partial charge in [0.15, 0.2) is 0 Å². The van der Waals surface area contributed by atoms with Gasteiger partial charge in [0.05, 0.1) is 13.2 Å². The van der Waals surface area contributed by atoms with Crippen molar-refractivity contribution in [2.45, 2.75) is 53.0 Å². The number of amides is 1. The van der Waals surface area contributed by atoms with E-state index in [0.717, 1.165) is 18.6 Å². The number of alkyl carbamates (subject to hydrolysis) is 1. The van der Waals surface area contributed by atoms with E-state index in [0.29, 0.717) is 25.6 Å². The lowest BCUT2D eigenvalue weighted by molar-refractivity contribution is -0.146. The molecule has 0 aliphatic carbocycles. The molecule has 1 amide bonds. The van der Waals surface area contributed by atoms with E-state index in [1.165, 1.54) is 0 Å². The fraction of sp³-hybridized carbons (Fsp3) is 0.875. The van der Waals surface area contributed by atoms with Crippen LogP contribution in [0.4, 0.5) is 4.79 Å². The molecule has 0 saturated heterocycles. The van der Waals surface area contributed by atoms with Crippen molar-refractivity contribution in [3.63, 3.8) is 0 Å². The molecule has 6 heteroatoms. The minimum atomic E-state index is -0.633. The second-order valence-corrected chi connectivity index (χ2v) is 7.16. The Hall–Kier alpha value is -0.910. The summed E-state index contributed by atoms with van der Waals surface area (Å²) in [6.45, 7) is 8.92. The molecular weight excluding hydrogens is 302 g/mol. The first-order chi connectivity index (χ1) is 10.4. The molecule has 5 nitrogen and oxygen atoms in total. The van der Waals surface area contributed by atoms with Gasteiger partial charge in [-0.2, -0.15) is 11.8 Å². The number of thioether (sulfide) groups is 1. The van der Waals surface area contributed by atoms with Crippen molar-refractivity contribution in [2.24, 2.45) is 11.8 Å². The monoisotopic (exact) mass is 333 g/mol. The predicted octanol–water partition coefficient (Wildman–Crippen LogP) is 3.47. The van der Waals surface area contributed by atoms with Crippen molar-refractivity contribution in [1.29, 1.82) is 0 Å². The zero-order valence-corrected chi connectivity index (χ0v) is 15.3. The number of esters is 1. The zero-order valence-electron chi connectivity index (χ0n) is 14.5. The summed E-state index contributed by atoms with van der Waals surface area (Å²) in [5.74, 6) is 1.25. The van der Waals surface area contributed by atoms with Crippen LogP contribution in [0.3, 0.4) is 0 Å². The van der Waals surface area contributed by atoms with Gasteiger partial charge in [-0.15, -0.1) is 0 Å². The molecule has 0 aromatic carbocycles. The maximum Gasteiger partial charge on any atom is 0.407 e. The minimum Gasteiger partial charge on any atom is -0.464 e. The van der Waals surface area contributed by atoms with Gasteiger partial charge in [0.1, 0.15) is 6.04 Å². The molecule has 0 aromatic heterocycles.